The van der Waals surface area contributed by atoms with Crippen molar-refractivity contribution in [2.45, 2.75) is 65.8 Å². The first-order valence-electron chi connectivity index (χ1n) is 11.3. The lowest BCUT2D eigenvalue weighted by atomic mass is 9.65. The van der Waals surface area contributed by atoms with Crippen LogP contribution >= 0.6 is 0 Å². The second-order valence-electron chi connectivity index (χ2n) is 10.5. The molecule has 0 N–H and O–H groups in total. The van der Waals surface area contributed by atoms with E-state index in [1.807, 2.05) is 4.90 Å². The Balaban J connectivity index is 1.60. The van der Waals surface area contributed by atoms with Crippen molar-refractivity contribution in [3.05, 3.63) is 16.4 Å². The van der Waals surface area contributed by atoms with Crippen LogP contribution in [0.3, 0.4) is 0 Å². The van der Waals surface area contributed by atoms with Gasteiger partial charge in [-0.1, -0.05) is 20.8 Å². The molecule has 3 fully saturated rings. The molecule has 0 amide bonds. The summed E-state index contributed by atoms with van der Waals surface area (Å²) >= 11 is 0. The molecular formula is C22H33N5O4. The van der Waals surface area contributed by atoms with E-state index in [1.165, 1.54) is 6.33 Å². The van der Waals surface area contributed by atoms with Crippen molar-refractivity contribution in [3.63, 3.8) is 0 Å². The summed E-state index contributed by atoms with van der Waals surface area (Å²) < 4.78 is 5.14. The summed E-state index contributed by atoms with van der Waals surface area (Å²) in [4.78, 5) is 36.7. The maximum atomic E-state index is 12.2. The van der Waals surface area contributed by atoms with E-state index in [4.69, 9.17) is 4.74 Å². The highest BCUT2D eigenvalue weighted by molar-refractivity contribution is 5.74. The Labute approximate surface area is 183 Å². The number of aromatic nitrogens is 2. The third-order valence-electron chi connectivity index (χ3n) is 7.07. The van der Waals surface area contributed by atoms with Crippen molar-refractivity contribution >= 4 is 23.3 Å². The van der Waals surface area contributed by atoms with Crippen LogP contribution in [0.1, 0.15) is 59.8 Å². The van der Waals surface area contributed by atoms with Crippen LogP contribution in [0.4, 0.5) is 17.3 Å². The average Bonchev–Trinajstić information content (AvgIpc) is 2.96. The average molecular weight is 432 g/mol. The largest absolute Gasteiger partial charge is 0.466 e. The van der Waals surface area contributed by atoms with Gasteiger partial charge >= 0.3 is 11.7 Å². The van der Waals surface area contributed by atoms with E-state index in [0.29, 0.717) is 44.2 Å². The van der Waals surface area contributed by atoms with Crippen LogP contribution in [0, 0.1) is 26.9 Å². The molecule has 1 aliphatic carbocycles. The molecule has 0 spiro atoms. The van der Waals surface area contributed by atoms with Gasteiger partial charge in [0.05, 0.1) is 17.4 Å². The van der Waals surface area contributed by atoms with Crippen LogP contribution in [-0.4, -0.2) is 53.1 Å². The molecule has 3 heterocycles. The van der Waals surface area contributed by atoms with Gasteiger partial charge in [0.25, 0.3) is 0 Å². The van der Waals surface area contributed by atoms with Gasteiger partial charge in [0.1, 0.15) is 6.33 Å². The van der Waals surface area contributed by atoms with E-state index < -0.39 is 0 Å². The summed E-state index contributed by atoms with van der Waals surface area (Å²) in [7, 11) is 0. The zero-order chi connectivity index (χ0) is 22.4. The normalized spacial score (nSPS) is 27.9. The first kappa shape index (κ1) is 21.8. The number of nitrogens with zero attached hydrogens (tertiary/aromatic N) is 5. The van der Waals surface area contributed by atoms with Gasteiger partial charge in [-0.2, -0.15) is 0 Å². The Bertz CT molecular complexity index is 867. The van der Waals surface area contributed by atoms with Gasteiger partial charge < -0.3 is 14.5 Å². The molecule has 1 saturated carbocycles. The van der Waals surface area contributed by atoms with Gasteiger partial charge in [-0.05, 0) is 49.9 Å². The molecule has 4 rings (SSSR count). The zero-order valence-electron chi connectivity index (χ0n) is 19.0. The molecular weight excluding hydrogens is 398 g/mol. The maximum absolute atomic E-state index is 12.2. The Hall–Kier alpha value is -2.45. The second-order valence-corrected chi connectivity index (χ2v) is 10.5. The number of nitro groups is 1. The van der Waals surface area contributed by atoms with E-state index in [9.17, 15) is 14.9 Å². The van der Waals surface area contributed by atoms with Crippen LogP contribution < -0.4 is 9.80 Å². The molecule has 9 nitrogen and oxygen atoms in total. The van der Waals surface area contributed by atoms with E-state index >= 15 is 0 Å². The Morgan fingerprint density at radius 1 is 1.23 bits per heavy atom. The minimum absolute atomic E-state index is 0.00830. The lowest BCUT2D eigenvalue weighted by Gasteiger charge is -2.39. The first-order valence-corrected chi connectivity index (χ1v) is 11.3. The molecule has 31 heavy (non-hydrogen) atoms. The smallest absolute Gasteiger partial charge is 0.353 e. The molecule has 9 heteroatoms. The van der Waals surface area contributed by atoms with Gasteiger partial charge in [0.2, 0.25) is 11.6 Å². The molecule has 1 aromatic rings. The summed E-state index contributed by atoms with van der Waals surface area (Å²) in [5.41, 5.74) is 0.348. The van der Waals surface area contributed by atoms with Crippen LogP contribution in [0.2, 0.25) is 0 Å². The molecule has 170 valence electrons. The molecule has 3 aliphatic rings. The summed E-state index contributed by atoms with van der Waals surface area (Å²) in [5, 5.41) is 12.2. The SMILES string of the molecule is CCOC(=O)C1CCN(c2ncnc(N3CC4(C)CC3CC(C)(C)C4)c2[N+](=O)[O-])CC1. The van der Waals surface area contributed by atoms with Crippen molar-refractivity contribution in [2.75, 3.05) is 36.0 Å². The van der Waals surface area contributed by atoms with Crippen LogP contribution in [-0.2, 0) is 9.53 Å². The van der Waals surface area contributed by atoms with Crippen molar-refractivity contribution in [2.24, 2.45) is 16.7 Å². The molecule has 2 saturated heterocycles. The highest BCUT2D eigenvalue weighted by Gasteiger charge is 2.51. The number of carbonyl (C=O) groups is 1. The third-order valence-corrected chi connectivity index (χ3v) is 7.07. The van der Waals surface area contributed by atoms with Gasteiger partial charge in [-0.3, -0.25) is 14.9 Å². The highest BCUT2D eigenvalue weighted by atomic mass is 16.6. The molecule has 2 aliphatic heterocycles. The predicted molar refractivity (Wildman–Crippen MR) is 117 cm³/mol. The number of ether oxygens (including phenoxy) is 1. The van der Waals surface area contributed by atoms with Gasteiger partial charge in [0.15, 0.2) is 0 Å². The molecule has 0 radical (unpaired) electrons. The summed E-state index contributed by atoms with van der Waals surface area (Å²) in [6, 6.07) is 0.254. The summed E-state index contributed by atoms with van der Waals surface area (Å²) in [6.45, 7) is 10.9. The van der Waals surface area contributed by atoms with Gasteiger partial charge in [-0.15, -0.1) is 0 Å². The molecule has 2 unspecified atom stereocenters. The van der Waals surface area contributed by atoms with E-state index in [-0.39, 0.29) is 39.4 Å². The standard InChI is InChI=1S/C22H33N5O4/c1-5-31-20(28)15-6-8-25(9-7-15)18-17(27(29)30)19(24-14-23-18)26-13-22(4)11-16(26)10-21(2,3)12-22/h14-16H,5-13H2,1-4H3. The number of esters is 1. The third kappa shape index (κ3) is 4.19. The minimum Gasteiger partial charge on any atom is -0.466 e. The van der Waals surface area contributed by atoms with Crippen LogP contribution in [0.5, 0.6) is 0 Å². The highest BCUT2D eigenvalue weighted by Crippen LogP contribution is 2.54. The lowest BCUT2D eigenvalue weighted by molar-refractivity contribution is -0.383. The molecule has 0 aromatic carbocycles. The van der Waals surface area contributed by atoms with Crippen LogP contribution in [0.25, 0.3) is 0 Å². The Morgan fingerprint density at radius 3 is 2.55 bits per heavy atom. The summed E-state index contributed by atoms with van der Waals surface area (Å²) in [5.74, 6) is 0.467. The van der Waals surface area contributed by atoms with Crippen molar-refractivity contribution < 1.29 is 14.5 Å². The fourth-order valence-electron chi connectivity index (χ4n) is 6.26. The monoisotopic (exact) mass is 431 g/mol. The number of hydrogen-bond donors (Lipinski definition) is 0. The summed E-state index contributed by atoms with van der Waals surface area (Å²) in [6.07, 6.45) is 5.81. The van der Waals surface area contributed by atoms with E-state index in [2.05, 4.69) is 35.6 Å². The second kappa shape index (κ2) is 7.91. The van der Waals surface area contributed by atoms with Gasteiger partial charge in [-0.25, -0.2) is 9.97 Å². The van der Waals surface area contributed by atoms with Crippen molar-refractivity contribution in [1.29, 1.82) is 0 Å². The minimum atomic E-state index is -0.335. The Kier molecular flexibility index (Phi) is 5.55. The number of piperidine rings is 1. The number of carbonyl (C=O) groups excluding carboxylic acids is 1. The first-order chi connectivity index (χ1) is 14.6. The van der Waals surface area contributed by atoms with E-state index in [1.54, 1.807) is 6.92 Å². The topological polar surface area (TPSA) is 102 Å². The lowest BCUT2D eigenvalue weighted by Crippen LogP contribution is -2.38. The quantitative estimate of drug-likeness (QED) is 0.396. The molecule has 2 bridgehead atoms. The maximum Gasteiger partial charge on any atom is 0.353 e. The predicted octanol–water partition coefficient (Wildman–Crippen LogP) is 3.57. The fraction of sp³-hybridized carbons (Fsp3) is 0.773. The van der Waals surface area contributed by atoms with Crippen molar-refractivity contribution in [1.82, 2.24) is 9.97 Å². The number of fused-ring (bicyclic) bond motifs is 2. The number of anilines is 2. The molecule has 1 aromatic heterocycles. The fourth-order valence-corrected chi connectivity index (χ4v) is 6.26. The molecule has 2 atom stereocenters. The Morgan fingerprint density at radius 2 is 1.90 bits per heavy atom. The number of rotatable bonds is 5. The zero-order valence-corrected chi connectivity index (χ0v) is 19.0. The van der Waals surface area contributed by atoms with Crippen molar-refractivity contribution in [3.8, 4) is 0 Å². The van der Waals surface area contributed by atoms with Gasteiger partial charge in [0, 0.05) is 25.7 Å². The number of hydrogen-bond acceptors (Lipinski definition) is 8. The van der Waals surface area contributed by atoms with E-state index in [0.717, 1.165) is 25.8 Å². The van der Waals surface area contributed by atoms with Crippen LogP contribution in [0.15, 0.2) is 6.33 Å².